The predicted molar refractivity (Wildman–Crippen MR) is 92.6 cm³/mol. The van der Waals surface area contributed by atoms with Crippen molar-refractivity contribution in [3.63, 3.8) is 0 Å². The summed E-state index contributed by atoms with van der Waals surface area (Å²) in [6.07, 6.45) is 2.90. The smallest absolute Gasteiger partial charge is 0.306 e. The summed E-state index contributed by atoms with van der Waals surface area (Å²) in [5, 5.41) is 9.99. The molecular formula is C19H29NO4. The van der Waals surface area contributed by atoms with Crippen LogP contribution in [0.25, 0.3) is 0 Å². The van der Waals surface area contributed by atoms with Crippen molar-refractivity contribution in [1.82, 2.24) is 4.90 Å². The lowest BCUT2D eigenvalue weighted by Crippen LogP contribution is -2.36. The summed E-state index contributed by atoms with van der Waals surface area (Å²) in [5.41, 5.74) is 0.987. The molecular weight excluding hydrogens is 306 g/mol. The lowest BCUT2D eigenvalue weighted by molar-refractivity contribution is -0.145. The fraction of sp³-hybridized carbons (Fsp3) is 0.632. The van der Waals surface area contributed by atoms with Gasteiger partial charge in [0, 0.05) is 25.6 Å². The Morgan fingerprint density at radius 3 is 2.88 bits per heavy atom. The summed E-state index contributed by atoms with van der Waals surface area (Å²) < 4.78 is 10.7. The second-order valence-corrected chi connectivity index (χ2v) is 6.46. The number of esters is 1. The maximum absolute atomic E-state index is 11.6. The number of hydrogen-bond acceptors (Lipinski definition) is 5. The molecule has 1 fully saturated rings. The van der Waals surface area contributed by atoms with Crippen LogP contribution in [0.4, 0.5) is 0 Å². The van der Waals surface area contributed by atoms with E-state index in [4.69, 9.17) is 9.47 Å². The Hall–Kier alpha value is -1.43. The molecule has 134 valence electrons. The highest BCUT2D eigenvalue weighted by Gasteiger charge is 2.22. The Balaban J connectivity index is 1.47. The molecule has 1 heterocycles. The van der Waals surface area contributed by atoms with Crippen LogP contribution >= 0.6 is 0 Å². The molecule has 0 aromatic heterocycles. The van der Waals surface area contributed by atoms with Crippen LogP contribution in [0, 0.1) is 0 Å². The van der Waals surface area contributed by atoms with Gasteiger partial charge in [-0.15, -0.1) is 0 Å². The minimum atomic E-state index is -0.462. The normalized spacial score (nSPS) is 19.3. The van der Waals surface area contributed by atoms with Crippen LogP contribution in [0.1, 0.15) is 38.2 Å². The zero-order valence-electron chi connectivity index (χ0n) is 14.5. The first kappa shape index (κ1) is 18.9. The van der Waals surface area contributed by atoms with Gasteiger partial charge in [0.1, 0.15) is 6.61 Å². The van der Waals surface area contributed by atoms with Crippen molar-refractivity contribution in [2.24, 2.45) is 0 Å². The van der Waals surface area contributed by atoms with Gasteiger partial charge in [0.2, 0.25) is 0 Å². The molecule has 0 radical (unpaired) electrons. The van der Waals surface area contributed by atoms with Gasteiger partial charge in [0.25, 0.3) is 0 Å². The van der Waals surface area contributed by atoms with Gasteiger partial charge < -0.3 is 14.6 Å². The summed E-state index contributed by atoms with van der Waals surface area (Å²) in [6.45, 7) is 5.02. The molecule has 0 bridgehead atoms. The van der Waals surface area contributed by atoms with E-state index in [1.165, 1.54) is 12.8 Å². The van der Waals surface area contributed by atoms with Crippen molar-refractivity contribution < 1.29 is 19.4 Å². The van der Waals surface area contributed by atoms with Gasteiger partial charge >= 0.3 is 5.97 Å². The van der Waals surface area contributed by atoms with Crippen LogP contribution in [-0.2, 0) is 20.9 Å². The fourth-order valence-electron chi connectivity index (χ4n) is 2.94. The molecule has 1 saturated heterocycles. The average Bonchev–Trinajstić information content (AvgIpc) is 2.98. The van der Waals surface area contributed by atoms with Gasteiger partial charge in [-0.1, -0.05) is 30.3 Å². The Kier molecular flexibility index (Phi) is 8.22. The third-order valence-corrected chi connectivity index (χ3v) is 4.36. The van der Waals surface area contributed by atoms with E-state index in [-0.39, 0.29) is 5.97 Å². The minimum absolute atomic E-state index is 0.214. The molecule has 1 N–H and O–H groups in total. The van der Waals surface area contributed by atoms with E-state index < -0.39 is 6.10 Å². The first-order valence-corrected chi connectivity index (χ1v) is 8.84. The zero-order chi connectivity index (χ0) is 17.2. The summed E-state index contributed by atoms with van der Waals surface area (Å²) in [6, 6.07) is 10.2. The van der Waals surface area contributed by atoms with Crippen LogP contribution < -0.4 is 0 Å². The molecule has 0 aliphatic carbocycles. The average molecular weight is 335 g/mol. The van der Waals surface area contributed by atoms with Crippen LogP contribution in [0.5, 0.6) is 0 Å². The zero-order valence-corrected chi connectivity index (χ0v) is 14.5. The van der Waals surface area contributed by atoms with Crippen LogP contribution in [0.3, 0.4) is 0 Å². The number of likely N-dealkylation sites (tertiary alicyclic amines) is 1. The topological polar surface area (TPSA) is 59.0 Å². The summed E-state index contributed by atoms with van der Waals surface area (Å²) in [4.78, 5) is 13.9. The number of hydrogen-bond donors (Lipinski definition) is 1. The molecule has 0 amide bonds. The van der Waals surface area contributed by atoms with E-state index in [0.29, 0.717) is 45.2 Å². The van der Waals surface area contributed by atoms with E-state index in [9.17, 15) is 9.90 Å². The van der Waals surface area contributed by atoms with E-state index in [1.54, 1.807) is 0 Å². The summed E-state index contributed by atoms with van der Waals surface area (Å²) >= 11 is 0. The highest BCUT2D eigenvalue weighted by molar-refractivity contribution is 5.69. The largest absolute Gasteiger partial charge is 0.461 e. The number of ether oxygens (including phenoxy) is 2. The maximum Gasteiger partial charge on any atom is 0.306 e. The number of aliphatic hydroxyl groups excluding tert-OH is 1. The Morgan fingerprint density at radius 2 is 2.17 bits per heavy atom. The van der Waals surface area contributed by atoms with Gasteiger partial charge in [-0.25, -0.2) is 0 Å². The van der Waals surface area contributed by atoms with E-state index in [1.807, 2.05) is 30.3 Å². The van der Waals surface area contributed by atoms with E-state index in [2.05, 4.69) is 11.8 Å². The van der Waals surface area contributed by atoms with Crippen molar-refractivity contribution in [3.8, 4) is 0 Å². The van der Waals surface area contributed by atoms with Crippen LogP contribution in [0.2, 0.25) is 0 Å². The molecule has 1 aliphatic rings. The lowest BCUT2D eigenvalue weighted by Gasteiger charge is -2.23. The Morgan fingerprint density at radius 1 is 1.38 bits per heavy atom. The highest BCUT2D eigenvalue weighted by Crippen LogP contribution is 2.16. The van der Waals surface area contributed by atoms with Crippen molar-refractivity contribution in [3.05, 3.63) is 35.9 Å². The summed E-state index contributed by atoms with van der Waals surface area (Å²) in [7, 11) is 0. The first-order valence-electron chi connectivity index (χ1n) is 8.84. The predicted octanol–water partition coefficient (Wildman–Crippen LogP) is 2.37. The van der Waals surface area contributed by atoms with E-state index in [0.717, 1.165) is 12.1 Å². The standard InChI is InChI=1S/C19H29NO4/c1-16-7-5-11-20(16)13-18(21)15-23-12-6-10-19(22)24-14-17-8-3-2-4-9-17/h2-4,8-9,16,18,21H,5-7,10-15H2,1H3. The molecule has 5 heteroatoms. The van der Waals surface area contributed by atoms with Crippen LogP contribution in [-0.4, -0.2) is 54.4 Å². The number of benzene rings is 1. The molecule has 0 spiro atoms. The van der Waals surface area contributed by atoms with Crippen molar-refractivity contribution >= 4 is 5.97 Å². The van der Waals surface area contributed by atoms with Crippen molar-refractivity contribution in [2.75, 3.05) is 26.3 Å². The molecule has 1 aromatic carbocycles. The monoisotopic (exact) mass is 335 g/mol. The number of carbonyl (C=O) groups excluding carboxylic acids is 1. The third kappa shape index (κ3) is 6.99. The van der Waals surface area contributed by atoms with Crippen molar-refractivity contribution in [1.29, 1.82) is 0 Å². The van der Waals surface area contributed by atoms with Gasteiger partial charge in [-0.3, -0.25) is 9.69 Å². The Bertz CT molecular complexity index is 480. The van der Waals surface area contributed by atoms with Gasteiger partial charge in [-0.05, 0) is 38.3 Å². The van der Waals surface area contributed by atoms with Gasteiger partial charge in [0.05, 0.1) is 12.7 Å². The molecule has 24 heavy (non-hydrogen) atoms. The number of rotatable bonds is 10. The second kappa shape index (κ2) is 10.4. The SMILES string of the molecule is CC1CCCN1CC(O)COCCCC(=O)OCc1ccccc1. The molecule has 2 unspecified atom stereocenters. The molecule has 1 aromatic rings. The number of nitrogens with zero attached hydrogens (tertiary/aromatic N) is 1. The first-order chi connectivity index (χ1) is 11.6. The highest BCUT2D eigenvalue weighted by atomic mass is 16.5. The third-order valence-electron chi connectivity index (χ3n) is 4.36. The summed E-state index contributed by atoms with van der Waals surface area (Å²) in [5.74, 6) is -0.214. The quantitative estimate of drug-likeness (QED) is 0.525. The van der Waals surface area contributed by atoms with Crippen molar-refractivity contribution in [2.45, 2.75) is 51.4 Å². The number of β-amino-alcohol motifs (C(OH)–C–C–N with tert-alkyl or cyclic N) is 1. The minimum Gasteiger partial charge on any atom is -0.461 e. The fourth-order valence-corrected chi connectivity index (χ4v) is 2.94. The second-order valence-electron chi connectivity index (χ2n) is 6.46. The number of carbonyl (C=O) groups is 1. The molecule has 2 rings (SSSR count). The van der Waals surface area contributed by atoms with E-state index >= 15 is 0 Å². The number of aliphatic hydroxyl groups is 1. The maximum atomic E-state index is 11.6. The lowest BCUT2D eigenvalue weighted by atomic mass is 10.2. The van der Waals surface area contributed by atoms with Crippen LogP contribution in [0.15, 0.2) is 30.3 Å². The Labute approximate surface area is 144 Å². The molecule has 2 atom stereocenters. The molecule has 0 saturated carbocycles. The molecule has 1 aliphatic heterocycles. The molecule has 5 nitrogen and oxygen atoms in total. The van der Waals surface area contributed by atoms with Gasteiger partial charge in [0.15, 0.2) is 0 Å². The van der Waals surface area contributed by atoms with Gasteiger partial charge in [-0.2, -0.15) is 0 Å².